The zero-order valence-corrected chi connectivity index (χ0v) is 25.9. The van der Waals surface area contributed by atoms with Gasteiger partial charge in [0.2, 0.25) is 0 Å². The van der Waals surface area contributed by atoms with E-state index in [1.165, 1.54) is 43.4 Å². The maximum Gasteiger partial charge on any atom is 0.0970 e. The van der Waals surface area contributed by atoms with Crippen molar-refractivity contribution in [2.45, 2.75) is 0 Å². The molecule has 0 unspecified atom stereocenters. The van der Waals surface area contributed by atoms with Gasteiger partial charge in [-0.2, -0.15) is 0 Å². The van der Waals surface area contributed by atoms with Crippen molar-refractivity contribution in [2.75, 3.05) is 0 Å². The number of hydrogen-bond acceptors (Lipinski definition) is 3. The van der Waals surface area contributed by atoms with Crippen LogP contribution in [0.25, 0.3) is 98.5 Å². The van der Waals surface area contributed by atoms with Crippen LogP contribution in [-0.4, -0.2) is 15.0 Å². The summed E-state index contributed by atoms with van der Waals surface area (Å²) >= 11 is 0. The highest BCUT2D eigenvalue weighted by Crippen LogP contribution is 2.41. The van der Waals surface area contributed by atoms with E-state index in [0.29, 0.717) is 0 Å². The van der Waals surface area contributed by atoms with Crippen molar-refractivity contribution in [1.82, 2.24) is 15.0 Å². The van der Waals surface area contributed by atoms with Crippen molar-refractivity contribution in [3.8, 4) is 33.5 Å². The summed E-state index contributed by atoms with van der Waals surface area (Å²) in [6.45, 7) is 0. The second kappa shape index (κ2) is 10.5. The number of pyridine rings is 3. The molecule has 3 heteroatoms. The lowest BCUT2D eigenvalue weighted by atomic mass is 9.92. The van der Waals surface area contributed by atoms with E-state index in [0.717, 1.165) is 55.1 Å². The molecule has 0 amide bonds. The van der Waals surface area contributed by atoms with Gasteiger partial charge in [0.1, 0.15) is 0 Å². The van der Waals surface area contributed by atoms with Crippen LogP contribution in [0.2, 0.25) is 0 Å². The first-order chi connectivity index (χ1) is 23.8. The summed E-state index contributed by atoms with van der Waals surface area (Å²) in [6.07, 6.45) is 3.71. The van der Waals surface area contributed by atoms with Crippen LogP contribution in [0.1, 0.15) is 0 Å². The Kier molecular flexibility index (Phi) is 5.87. The van der Waals surface area contributed by atoms with Crippen LogP contribution in [0.4, 0.5) is 0 Å². The predicted octanol–water partition coefficient (Wildman–Crippen LogP) is 11.8. The summed E-state index contributed by atoms with van der Waals surface area (Å²) in [5.74, 6) is 0. The lowest BCUT2D eigenvalue weighted by molar-refractivity contribution is 1.37. The first kappa shape index (κ1) is 26.7. The normalized spacial score (nSPS) is 11.8. The lowest BCUT2D eigenvalue weighted by Gasteiger charge is -2.15. The van der Waals surface area contributed by atoms with E-state index in [9.17, 15) is 0 Å². The molecule has 0 radical (unpaired) electrons. The fraction of sp³-hybridized carbons (Fsp3) is 0. The van der Waals surface area contributed by atoms with Crippen LogP contribution >= 0.6 is 0 Å². The van der Waals surface area contributed by atoms with Crippen molar-refractivity contribution >= 4 is 65.0 Å². The van der Waals surface area contributed by atoms with Gasteiger partial charge in [0.25, 0.3) is 0 Å². The number of benzene rings is 7. The molecule has 0 atom stereocenters. The minimum atomic E-state index is 0.932. The Morgan fingerprint density at radius 1 is 0.312 bits per heavy atom. The summed E-state index contributed by atoms with van der Waals surface area (Å²) in [5.41, 5.74) is 9.68. The van der Waals surface area contributed by atoms with Gasteiger partial charge in [-0.05, 0) is 55.9 Å². The molecule has 0 aliphatic heterocycles. The van der Waals surface area contributed by atoms with Crippen LogP contribution in [0.5, 0.6) is 0 Å². The Balaban J connectivity index is 1.07. The molecule has 0 saturated carbocycles. The van der Waals surface area contributed by atoms with Crippen LogP contribution < -0.4 is 0 Å². The SMILES string of the molecule is c1cnc2c(c1)ccc1c(-c3ccc(-c4ccc(-c5nc6c7ccccc7c7ccccc7c6c6ccccc56)cc4)cc3)ccnc12. The monoisotopic (exact) mass is 609 g/mol. The number of rotatable bonds is 3. The smallest absolute Gasteiger partial charge is 0.0970 e. The number of nitrogens with zero attached hydrogens (tertiary/aromatic N) is 3. The third-order valence-electron chi connectivity index (χ3n) is 9.75. The quantitative estimate of drug-likeness (QED) is 0.187. The molecule has 0 spiro atoms. The van der Waals surface area contributed by atoms with E-state index in [-0.39, 0.29) is 0 Å². The van der Waals surface area contributed by atoms with Crippen molar-refractivity contribution in [3.63, 3.8) is 0 Å². The number of aromatic nitrogens is 3. The summed E-state index contributed by atoms with van der Waals surface area (Å²) in [5, 5.41) is 10.7. The molecule has 10 aromatic rings. The van der Waals surface area contributed by atoms with Gasteiger partial charge in [-0.15, -0.1) is 0 Å². The minimum Gasteiger partial charge on any atom is -0.254 e. The fourth-order valence-corrected chi connectivity index (χ4v) is 7.48. The maximum absolute atomic E-state index is 5.43. The molecule has 0 aliphatic carbocycles. The molecule has 0 N–H and O–H groups in total. The molecule has 0 saturated heterocycles. The number of fused-ring (bicyclic) bond motifs is 11. The van der Waals surface area contributed by atoms with Crippen molar-refractivity contribution in [3.05, 3.63) is 164 Å². The Morgan fingerprint density at radius 3 is 1.60 bits per heavy atom. The molecule has 3 heterocycles. The molecule has 0 aliphatic rings. The van der Waals surface area contributed by atoms with E-state index in [1.54, 1.807) is 0 Å². The van der Waals surface area contributed by atoms with Gasteiger partial charge < -0.3 is 0 Å². The van der Waals surface area contributed by atoms with Gasteiger partial charge in [-0.3, -0.25) is 9.97 Å². The first-order valence-corrected chi connectivity index (χ1v) is 16.3. The topological polar surface area (TPSA) is 38.7 Å². The summed E-state index contributed by atoms with van der Waals surface area (Å²) in [7, 11) is 0. The molecule has 10 rings (SSSR count). The molecule has 48 heavy (non-hydrogen) atoms. The molecular formula is C45H27N3. The lowest BCUT2D eigenvalue weighted by Crippen LogP contribution is -1.92. The Bertz CT molecular complexity index is 2870. The van der Waals surface area contributed by atoms with Crippen molar-refractivity contribution in [1.29, 1.82) is 0 Å². The number of hydrogen-bond donors (Lipinski definition) is 0. The molecule has 0 bridgehead atoms. The van der Waals surface area contributed by atoms with E-state index in [2.05, 4.69) is 151 Å². The summed E-state index contributed by atoms with van der Waals surface area (Å²) in [6, 6.07) is 54.1. The average Bonchev–Trinajstić information content (AvgIpc) is 3.17. The minimum absolute atomic E-state index is 0.932. The molecule has 7 aromatic carbocycles. The van der Waals surface area contributed by atoms with Crippen LogP contribution in [-0.2, 0) is 0 Å². The molecule has 0 fully saturated rings. The zero-order valence-electron chi connectivity index (χ0n) is 25.9. The fourth-order valence-electron chi connectivity index (χ4n) is 7.48. The predicted molar refractivity (Wildman–Crippen MR) is 201 cm³/mol. The zero-order chi connectivity index (χ0) is 31.6. The van der Waals surface area contributed by atoms with Crippen molar-refractivity contribution in [2.24, 2.45) is 0 Å². The Hall–Kier alpha value is -6.45. The second-order valence-corrected chi connectivity index (χ2v) is 12.4. The van der Waals surface area contributed by atoms with E-state index in [1.807, 2.05) is 18.5 Å². The van der Waals surface area contributed by atoms with Crippen molar-refractivity contribution < 1.29 is 0 Å². The van der Waals surface area contributed by atoms with Crippen LogP contribution in [0.3, 0.4) is 0 Å². The molecule has 3 nitrogen and oxygen atoms in total. The highest BCUT2D eigenvalue weighted by Gasteiger charge is 2.16. The van der Waals surface area contributed by atoms with Gasteiger partial charge in [-0.25, -0.2) is 4.98 Å². The van der Waals surface area contributed by atoms with Gasteiger partial charge in [0, 0.05) is 44.9 Å². The van der Waals surface area contributed by atoms with Gasteiger partial charge >= 0.3 is 0 Å². The third-order valence-corrected chi connectivity index (χ3v) is 9.75. The standard InChI is InChI=1S/C45H27N3/c1-3-11-36-34(9-1)35-10-2-5-13-38(35)44-41(36)37-12-4-6-14-39(37)42(48-44)32-21-17-29(18-22-32)28-15-19-30(20-16-28)33-25-27-47-45-40(33)24-23-31-8-7-26-46-43(31)45/h1-27H. The third kappa shape index (κ3) is 4.04. The highest BCUT2D eigenvalue weighted by molar-refractivity contribution is 6.31. The molecule has 3 aromatic heterocycles. The van der Waals surface area contributed by atoms with E-state index in [4.69, 9.17) is 9.97 Å². The van der Waals surface area contributed by atoms with Gasteiger partial charge in [-0.1, -0.05) is 140 Å². The van der Waals surface area contributed by atoms with E-state index >= 15 is 0 Å². The first-order valence-electron chi connectivity index (χ1n) is 16.3. The van der Waals surface area contributed by atoms with Gasteiger partial charge in [0.15, 0.2) is 0 Å². The average molecular weight is 610 g/mol. The van der Waals surface area contributed by atoms with Crippen LogP contribution in [0, 0.1) is 0 Å². The maximum atomic E-state index is 5.43. The Labute approximate surface area is 276 Å². The van der Waals surface area contributed by atoms with Gasteiger partial charge in [0.05, 0.1) is 22.2 Å². The Morgan fingerprint density at radius 2 is 0.875 bits per heavy atom. The van der Waals surface area contributed by atoms with E-state index < -0.39 is 0 Å². The molecular weight excluding hydrogens is 583 g/mol. The molecule has 222 valence electrons. The second-order valence-electron chi connectivity index (χ2n) is 12.4. The highest BCUT2D eigenvalue weighted by atomic mass is 14.7. The largest absolute Gasteiger partial charge is 0.254 e. The summed E-state index contributed by atoms with van der Waals surface area (Å²) < 4.78 is 0. The van der Waals surface area contributed by atoms with Crippen LogP contribution in [0.15, 0.2) is 164 Å². The summed E-state index contributed by atoms with van der Waals surface area (Å²) in [4.78, 5) is 14.7.